The van der Waals surface area contributed by atoms with Gasteiger partial charge in [-0.15, -0.1) is 0 Å². The van der Waals surface area contributed by atoms with Gasteiger partial charge in [-0.05, 0) is 17.7 Å². The van der Waals surface area contributed by atoms with E-state index >= 15 is 0 Å². The molecule has 1 aromatic carbocycles. The summed E-state index contributed by atoms with van der Waals surface area (Å²) in [6.45, 7) is 0.753. The summed E-state index contributed by atoms with van der Waals surface area (Å²) in [5, 5.41) is 8.55. The first kappa shape index (κ1) is 11.0. The molecule has 0 aliphatic rings. The lowest BCUT2D eigenvalue weighted by atomic mass is 10.1. The van der Waals surface area contributed by atoms with E-state index in [4.69, 9.17) is 21.3 Å². The van der Waals surface area contributed by atoms with Crippen molar-refractivity contribution in [2.24, 2.45) is 11.5 Å². The molecule has 0 radical (unpaired) electrons. The standard InChI is InChI=1S/C10H16N2O2/c11-7-10(12)8-1-3-9(4-2-8)14-6-5-13/h1-4,10,13H,5-7,11-12H2. The van der Waals surface area contributed by atoms with Crippen LogP contribution in [-0.2, 0) is 0 Å². The summed E-state index contributed by atoms with van der Waals surface area (Å²) < 4.78 is 5.20. The van der Waals surface area contributed by atoms with Crippen LogP contribution in [0.2, 0.25) is 0 Å². The maximum Gasteiger partial charge on any atom is 0.119 e. The van der Waals surface area contributed by atoms with Crippen molar-refractivity contribution in [3.8, 4) is 5.75 Å². The Hall–Kier alpha value is -1.10. The Labute approximate surface area is 83.5 Å². The molecule has 0 amide bonds. The molecule has 1 unspecified atom stereocenters. The van der Waals surface area contributed by atoms with Crippen LogP contribution in [0.5, 0.6) is 5.75 Å². The Balaban J connectivity index is 2.59. The third-order valence-corrected chi connectivity index (χ3v) is 1.92. The Morgan fingerprint density at radius 2 is 1.93 bits per heavy atom. The minimum absolute atomic E-state index is 0.0179. The average Bonchev–Trinajstić information content (AvgIpc) is 2.26. The second-order valence-electron chi connectivity index (χ2n) is 2.98. The van der Waals surface area contributed by atoms with E-state index in [1.807, 2.05) is 24.3 Å². The number of aliphatic hydroxyl groups is 1. The van der Waals surface area contributed by atoms with Gasteiger partial charge in [0.25, 0.3) is 0 Å². The monoisotopic (exact) mass is 196 g/mol. The predicted octanol–water partition coefficient (Wildman–Crippen LogP) is 0.0162. The van der Waals surface area contributed by atoms with E-state index < -0.39 is 0 Å². The summed E-state index contributed by atoms with van der Waals surface area (Å²) in [4.78, 5) is 0. The zero-order valence-electron chi connectivity index (χ0n) is 8.02. The van der Waals surface area contributed by atoms with Crippen LogP contribution in [0.15, 0.2) is 24.3 Å². The molecule has 0 aliphatic carbocycles. The summed E-state index contributed by atoms with van der Waals surface area (Å²) in [5.41, 5.74) is 12.2. The Morgan fingerprint density at radius 3 is 2.43 bits per heavy atom. The van der Waals surface area contributed by atoms with Crippen molar-refractivity contribution in [3.05, 3.63) is 29.8 Å². The summed E-state index contributed by atoms with van der Waals surface area (Å²) in [5.74, 6) is 0.729. The van der Waals surface area contributed by atoms with Gasteiger partial charge in [-0.1, -0.05) is 12.1 Å². The van der Waals surface area contributed by atoms with Crippen molar-refractivity contribution < 1.29 is 9.84 Å². The van der Waals surface area contributed by atoms with Crippen molar-refractivity contribution in [2.75, 3.05) is 19.8 Å². The van der Waals surface area contributed by atoms with Crippen LogP contribution in [0.4, 0.5) is 0 Å². The highest BCUT2D eigenvalue weighted by molar-refractivity contribution is 5.29. The van der Waals surface area contributed by atoms with Gasteiger partial charge >= 0.3 is 0 Å². The second-order valence-corrected chi connectivity index (χ2v) is 2.98. The van der Waals surface area contributed by atoms with Gasteiger partial charge in [0.2, 0.25) is 0 Å². The Bertz CT molecular complexity index is 261. The van der Waals surface area contributed by atoms with Crippen molar-refractivity contribution in [1.29, 1.82) is 0 Å². The van der Waals surface area contributed by atoms with E-state index in [9.17, 15) is 0 Å². The van der Waals surface area contributed by atoms with Crippen molar-refractivity contribution in [1.82, 2.24) is 0 Å². The van der Waals surface area contributed by atoms with Gasteiger partial charge in [0.05, 0.1) is 6.61 Å². The zero-order chi connectivity index (χ0) is 10.4. The molecule has 0 fully saturated rings. The maximum absolute atomic E-state index is 8.55. The molecule has 14 heavy (non-hydrogen) atoms. The van der Waals surface area contributed by atoms with Crippen LogP contribution in [-0.4, -0.2) is 24.9 Å². The number of hydrogen-bond acceptors (Lipinski definition) is 4. The molecule has 0 bridgehead atoms. The molecule has 78 valence electrons. The van der Waals surface area contributed by atoms with Gasteiger partial charge < -0.3 is 21.3 Å². The minimum Gasteiger partial charge on any atom is -0.491 e. The average molecular weight is 196 g/mol. The lowest BCUT2D eigenvalue weighted by Gasteiger charge is -2.10. The largest absolute Gasteiger partial charge is 0.491 e. The SMILES string of the molecule is NCC(N)c1ccc(OCCO)cc1. The normalized spacial score (nSPS) is 12.5. The van der Waals surface area contributed by atoms with Crippen LogP contribution < -0.4 is 16.2 Å². The maximum atomic E-state index is 8.55. The Morgan fingerprint density at radius 1 is 1.29 bits per heavy atom. The van der Waals surface area contributed by atoms with E-state index in [1.54, 1.807) is 0 Å². The lowest BCUT2D eigenvalue weighted by molar-refractivity contribution is 0.201. The molecule has 1 atom stereocenters. The second kappa shape index (κ2) is 5.59. The quantitative estimate of drug-likeness (QED) is 0.620. The van der Waals surface area contributed by atoms with Crippen LogP contribution in [0, 0.1) is 0 Å². The smallest absolute Gasteiger partial charge is 0.119 e. The molecule has 0 saturated heterocycles. The Kier molecular flexibility index (Phi) is 4.39. The summed E-state index contributed by atoms with van der Waals surface area (Å²) in [6, 6.07) is 7.28. The molecule has 1 aromatic rings. The number of hydrogen-bond donors (Lipinski definition) is 3. The summed E-state index contributed by atoms with van der Waals surface area (Å²) in [6.07, 6.45) is 0. The summed E-state index contributed by atoms with van der Waals surface area (Å²) >= 11 is 0. The number of aliphatic hydroxyl groups excluding tert-OH is 1. The number of rotatable bonds is 5. The van der Waals surface area contributed by atoms with E-state index in [1.165, 1.54) is 0 Å². The molecule has 0 aromatic heterocycles. The highest BCUT2D eigenvalue weighted by atomic mass is 16.5. The molecule has 4 heteroatoms. The minimum atomic E-state index is -0.123. The van der Waals surface area contributed by atoms with E-state index in [2.05, 4.69) is 0 Å². The molecule has 0 spiro atoms. The first-order valence-corrected chi connectivity index (χ1v) is 4.57. The zero-order valence-corrected chi connectivity index (χ0v) is 8.02. The third kappa shape index (κ3) is 2.99. The van der Waals surface area contributed by atoms with E-state index in [0.717, 1.165) is 11.3 Å². The molecule has 4 nitrogen and oxygen atoms in total. The van der Waals surface area contributed by atoms with Crippen LogP contribution >= 0.6 is 0 Å². The van der Waals surface area contributed by atoms with E-state index in [0.29, 0.717) is 13.2 Å². The van der Waals surface area contributed by atoms with Gasteiger partial charge in [-0.3, -0.25) is 0 Å². The topological polar surface area (TPSA) is 81.5 Å². The fourth-order valence-corrected chi connectivity index (χ4v) is 1.11. The molecule has 0 heterocycles. The highest BCUT2D eigenvalue weighted by Gasteiger charge is 2.02. The molecule has 0 saturated carbocycles. The third-order valence-electron chi connectivity index (χ3n) is 1.92. The van der Waals surface area contributed by atoms with Gasteiger partial charge in [-0.2, -0.15) is 0 Å². The lowest BCUT2D eigenvalue weighted by Crippen LogP contribution is -2.20. The van der Waals surface area contributed by atoms with Crippen LogP contribution in [0.3, 0.4) is 0 Å². The summed E-state index contributed by atoms with van der Waals surface area (Å²) in [7, 11) is 0. The van der Waals surface area contributed by atoms with Crippen molar-refractivity contribution in [2.45, 2.75) is 6.04 Å². The number of nitrogens with two attached hydrogens (primary N) is 2. The molecule has 1 rings (SSSR count). The van der Waals surface area contributed by atoms with E-state index in [-0.39, 0.29) is 12.6 Å². The van der Waals surface area contributed by atoms with Crippen LogP contribution in [0.1, 0.15) is 11.6 Å². The van der Waals surface area contributed by atoms with Crippen molar-refractivity contribution in [3.63, 3.8) is 0 Å². The van der Waals surface area contributed by atoms with Gasteiger partial charge in [0.1, 0.15) is 12.4 Å². The molecular formula is C10H16N2O2. The predicted molar refractivity (Wildman–Crippen MR) is 55.0 cm³/mol. The first-order chi connectivity index (χ1) is 6.77. The fourth-order valence-electron chi connectivity index (χ4n) is 1.11. The molecule has 0 aliphatic heterocycles. The van der Waals surface area contributed by atoms with Gasteiger partial charge in [0, 0.05) is 12.6 Å². The van der Waals surface area contributed by atoms with Gasteiger partial charge in [-0.25, -0.2) is 0 Å². The number of ether oxygens (including phenoxy) is 1. The molecule has 5 N–H and O–H groups in total. The van der Waals surface area contributed by atoms with Crippen molar-refractivity contribution >= 4 is 0 Å². The highest BCUT2D eigenvalue weighted by Crippen LogP contribution is 2.15. The fraction of sp³-hybridized carbons (Fsp3) is 0.400. The molecular weight excluding hydrogens is 180 g/mol. The number of benzene rings is 1. The van der Waals surface area contributed by atoms with Crippen LogP contribution in [0.25, 0.3) is 0 Å². The first-order valence-electron chi connectivity index (χ1n) is 4.57. The van der Waals surface area contributed by atoms with Gasteiger partial charge in [0.15, 0.2) is 0 Å².